The van der Waals surface area contributed by atoms with E-state index in [2.05, 4.69) is 18.2 Å². The van der Waals surface area contributed by atoms with Crippen molar-refractivity contribution in [3.8, 4) is 0 Å². The Morgan fingerprint density at radius 2 is 1.57 bits per heavy atom. The summed E-state index contributed by atoms with van der Waals surface area (Å²) >= 11 is 0. The lowest BCUT2D eigenvalue weighted by atomic mass is 9.87. The molecule has 1 aromatic rings. The first-order valence-corrected chi connectivity index (χ1v) is 10.6. The lowest BCUT2D eigenvalue weighted by Crippen LogP contribution is -2.21. The van der Waals surface area contributed by atoms with E-state index in [1.165, 1.54) is 17.7 Å². The third-order valence-corrected chi connectivity index (χ3v) is 6.04. The lowest BCUT2D eigenvalue weighted by Gasteiger charge is -2.23. The molecule has 3 heteroatoms. The molecule has 4 rings (SSSR count). The van der Waals surface area contributed by atoms with Crippen LogP contribution in [0.5, 0.6) is 0 Å². The molecule has 0 amide bonds. The summed E-state index contributed by atoms with van der Waals surface area (Å²) in [6, 6.07) is 5.64. The highest BCUT2D eigenvalue weighted by Gasteiger charge is 2.23. The Labute approximate surface area is 167 Å². The van der Waals surface area contributed by atoms with Gasteiger partial charge in [-0.1, -0.05) is 42.0 Å². The van der Waals surface area contributed by atoms with Crippen molar-refractivity contribution < 1.29 is 14.3 Å². The maximum absolute atomic E-state index is 12.4. The first-order valence-electron chi connectivity index (χ1n) is 10.6. The van der Waals surface area contributed by atoms with Gasteiger partial charge in [0.05, 0.1) is 12.2 Å². The number of benzene rings is 1. The van der Waals surface area contributed by atoms with Gasteiger partial charge in [0.15, 0.2) is 11.6 Å². The average molecular weight is 376 g/mol. The lowest BCUT2D eigenvalue weighted by molar-refractivity contribution is -0.0248. The second kappa shape index (κ2) is 8.83. The Balaban J connectivity index is 1.40. The Kier molecular flexibility index (Phi) is 6.01. The molecule has 0 saturated carbocycles. The summed E-state index contributed by atoms with van der Waals surface area (Å²) < 4.78 is 6.43. The van der Waals surface area contributed by atoms with Crippen molar-refractivity contribution in [2.75, 3.05) is 0 Å². The first-order chi connectivity index (χ1) is 13.7. The molecule has 0 aliphatic heterocycles. The highest BCUT2D eigenvalue weighted by atomic mass is 16.5. The van der Waals surface area contributed by atoms with Crippen LogP contribution in [0, 0.1) is 0 Å². The molecule has 28 heavy (non-hydrogen) atoms. The summed E-state index contributed by atoms with van der Waals surface area (Å²) in [5.41, 5.74) is 3.47. The zero-order valence-electron chi connectivity index (χ0n) is 16.4. The predicted molar refractivity (Wildman–Crippen MR) is 111 cm³/mol. The van der Waals surface area contributed by atoms with Gasteiger partial charge in [0.2, 0.25) is 0 Å². The molecule has 0 heterocycles. The minimum Gasteiger partial charge on any atom is -0.375 e. The molecule has 0 spiro atoms. The number of ether oxygens (including phenoxy) is 1. The number of fused-ring (bicyclic) bond motifs is 1. The normalized spacial score (nSPS) is 23.1. The van der Waals surface area contributed by atoms with E-state index in [4.69, 9.17) is 4.74 Å². The minimum absolute atomic E-state index is 0.0531. The molecule has 0 aromatic heterocycles. The Morgan fingerprint density at radius 3 is 2.39 bits per heavy atom. The van der Waals surface area contributed by atoms with Gasteiger partial charge in [-0.3, -0.25) is 9.59 Å². The van der Waals surface area contributed by atoms with Crippen LogP contribution in [0.15, 0.2) is 54.2 Å². The molecule has 0 fully saturated rings. The van der Waals surface area contributed by atoms with Crippen molar-refractivity contribution in [3.63, 3.8) is 0 Å². The second-order valence-electron chi connectivity index (χ2n) is 8.06. The maximum Gasteiger partial charge on any atom is 0.187 e. The average Bonchev–Trinajstić information content (AvgIpc) is 3.08. The van der Waals surface area contributed by atoms with E-state index in [0.29, 0.717) is 23.3 Å². The number of carbonyl (C=O) groups is 2. The van der Waals surface area contributed by atoms with Crippen molar-refractivity contribution in [2.45, 2.75) is 70.0 Å². The zero-order valence-corrected chi connectivity index (χ0v) is 16.4. The summed E-state index contributed by atoms with van der Waals surface area (Å²) in [7, 11) is 0. The molecular formula is C25H28O3. The zero-order chi connectivity index (χ0) is 19.3. The standard InChI is InChI=1S/C25H28O3/c26-23-15-16-24(27)25-19(8-6-12-22(23)25)17-18-7-5-11-21(14-13-18)28-20-9-3-1-2-4-10-20/h1-2,6-8,12,15-16,20-21H,3-5,9-11,13-14,17H2. The quantitative estimate of drug-likeness (QED) is 0.647. The minimum atomic E-state index is -0.0716. The van der Waals surface area contributed by atoms with Crippen molar-refractivity contribution in [1.82, 2.24) is 0 Å². The van der Waals surface area contributed by atoms with Gasteiger partial charge in [0.25, 0.3) is 0 Å². The van der Waals surface area contributed by atoms with Crippen molar-refractivity contribution >= 4 is 11.6 Å². The van der Waals surface area contributed by atoms with E-state index in [9.17, 15) is 9.59 Å². The van der Waals surface area contributed by atoms with Crippen LogP contribution in [0.1, 0.15) is 77.6 Å². The fourth-order valence-corrected chi connectivity index (χ4v) is 4.53. The molecule has 146 valence electrons. The molecule has 3 nitrogen and oxygen atoms in total. The monoisotopic (exact) mass is 376 g/mol. The molecule has 0 bridgehead atoms. The Morgan fingerprint density at radius 1 is 0.857 bits per heavy atom. The molecule has 1 atom stereocenters. The molecule has 0 radical (unpaired) electrons. The van der Waals surface area contributed by atoms with Gasteiger partial charge >= 0.3 is 0 Å². The van der Waals surface area contributed by atoms with E-state index in [0.717, 1.165) is 63.4 Å². The molecule has 0 saturated heterocycles. The number of carbonyl (C=O) groups excluding carboxylic acids is 2. The Hall–Kier alpha value is -2.26. The van der Waals surface area contributed by atoms with Crippen LogP contribution < -0.4 is 0 Å². The van der Waals surface area contributed by atoms with Gasteiger partial charge in [0.1, 0.15) is 0 Å². The van der Waals surface area contributed by atoms with Gasteiger partial charge in [-0.2, -0.15) is 0 Å². The van der Waals surface area contributed by atoms with Gasteiger partial charge in [-0.05, 0) is 75.5 Å². The van der Waals surface area contributed by atoms with Crippen molar-refractivity contribution in [3.05, 3.63) is 70.8 Å². The van der Waals surface area contributed by atoms with Gasteiger partial charge in [0, 0.05) is 11.1 Å². The van der Waals surface area contributed by atoms with E-state index in [1.54, 1.807) is 6.07 Å². The largest absolute Gasteiger partial charge is 0.375 e. The van der Waals surface area contributed by atoms with E-state index in [-0.39, 0.29) is 11.6 Å². The molecule has 3 aliphatic rings. The van der Waals surface area contributed by atoms with E-state index in [1.807, 2.05) is 12.1 Å². The molecular weight excluding hydrogens is 348 g/mol. The third kappa shape index (κ3) is 4.41. The second-order valence-corrected chi connectivity index (χ2v) is 8.06. The predicted octanol–water partition coefficient (Wildman–Crippen LogP) is 5.55. The first kappa shape index (κ1) is 19.1. The molecule has 1 unspecified atom stereocenters. The third-order valence-electron chi connectivity index (χ3n) is 6.04. The number of hydrogen-bond acceptors (Lipinski definition) is 3. The van der Waals surface area contributed by atoms with Crippen LogP contribution in [0.4, 0.5) is 0 Å². The summed E-state index contributed by atoms with van der Waals surface area (Å²) in [5, 5.41) is 0. The summed E-state index contributed by atoms with van der Waals surface area (Å²) in [4.78, 5) is 24.5. The molecule has 3 aliphatic carbocycles. The van der Waals surface area contributed by atoms with Gasteiger partial charge < -0.3 is 4.74 Å². The molecule has 0 N–H and O–H groups in total. The number of rotatable bonds is 4. The van der Waals surface area contributed by atoms with Crippen LogP contribution in [0.25, 0.3) is 0 Å². The van der Waals surface area contributed by atoms with Gasteiger partial charge in [-0.15, -0.1) is 0 Å². The van der Waals surface area contributed by atoms with Crippen molar-refractivity contribution in [2.24, 2.45) is 0 Å². The number of allylic oxidation sites excluding steroid dienone is 6. The number of ketones is 2. The van der Waals surface area contributed by atoms with Crippen LogP contribution in [0.3, 0.4) is 0 Å². The number of hydrogen-bond donors (Lipinski definition) is 0. The fourth-order valence-electron chi connectivity index (χ4n) is 4.53. The van der Waals surface area contributed by atoms with Gasteiger partial charge in [-0.25, -0.2) is 0 Å². The fraction of sp³-hybridized carbons (Fsp3) is 0.440. The van der Waals surface area contributed by atoms with Crippen LogP contribution in [-0.4, -0.2) is 23.8 Å². The summed E-state index contributed by atoms with van der Waals surface area (Å²) in [6.07, 6.45) is 19.8. The Bertz CT molecular complexity index is 833. The van der Waals surface area contributed by atoms with E-state index < -0.39 is 0 Å². The maximum atomic E-state index is 12.4. The SMILES string of the molecule is O=C1C=CC(=O)c2c(CC3=CCCC(OC4CCC=CCC4)CC3)cccc21. The smallest absolute Gasteiger partial charge is 0.187 e. The van der Waals surface area contributed by atoms with Crippen molar-refractivity contribution in [1.29, 1.82) is 0 Å². The summed E-state index contributed by atoms with van der Waals surface area (Å²) in [5.74, 6) is -0.125. The highest BCUT2D eigenvalue weighted by Crippen LogP contribution is 2.29. The van der Waals surface area contributed by atoms with Crippen LogP contribution >= 0.6 is 0 Å². The summed E-state index contributed by atoms with van der Waals surface area (Å²) in [6.45, 7) is 0. The topological polar surface area (TPSA) is 43.4 Å². The van der Waals surface area contributed by atoms with E-state index >= 15 is 0 Å². The highest BCUT2D eigenvalue weighted by molar-refractivity contribution is 6.22. The van der Waals surface area contributed by atoms with Crippen LogP contribution in [0.2, 0.25) is 0 Å². The molecule has 1 aromatic carbocycles. The van der Waals surface area contributed by atoms with Crippen LogP contribution in [-0.2, 0) is 11.2 Å².